The lowest BCUT2D eigenvalue weighted by atomic mass is 9.73. The van der Waals surface area contributed by atoms with Crippen molar-refractivity contribution >= 4 is 18.0 Å². The first-order valence-corrected chi connectivity index (χ1v) is 11.5. The SMILES string of the molecule is Cc1ccc(-c2c3c(n([C@H]4O[C@@H](CO)[C@@H](O)[C@@H](O)[C@H]4O)c(=S)c2C#N)CC(C)(C)CC3=O)cc1. The Kier molecular flexibility index (Phi) is 6.50. The number of fused-ring (bicyclic) bond motifs is 1. The highest BCUT2D eigenvalue weighted by molar-refractivity contribution is 7.71. The van der Waals surface area contributed by atoms with E-state index in [2.05, 4.69) is 6.07 Å². The topological polar surface area (TPSA) is 136 Å². The maximum Gasteiger partial charge on any atom is 0.165 e. The summed E-state index contributed by atoms with van der Waals surface area (Å²) in [7, 11) is 0. The lowest BCUT2D eigenvalue weighted by Gasteiger charge is -2.43. The molecule has 0 unspecified atom stereocenters. The molecule has 180 valence electrons. The minimum Gasteiger partial charge on any atom is -0.394 e. The number of nitriles is 1. The van der Waals surface area contributed by atoms with Gasteiger partial charge in [0.25, 0.3) is 0 Å². The molecule has 2 aliphatic rings. The molecule has 0 radical (unpaired) electrons. The number of carbonyl (C=O) groups is 1. The lowest BCUT2D eigenvalue weighted by Crippen LogP contribution is -2.57. The standard InChI is InChI=1S/C25H28N2O6S/c1-12-4-6-13(7-5-12)18-14(10-26)24(34)27(15-8-25(2,3)9-16(29)19(15)18)23-22(32)21(31)20(30)17(11-28)33-23/h4-7,17,20-23,28,30-32H,8-9,11H2,1-3H3/t17-,20+,21+,22+,23-/m0/s1. The number of hydrogen-bond acceptors (Lipinski definition) is 8. The minimum atomic E-state index is -1.62. The van der Waals surface area contributed by atoms with E-state index in [1.54, 1.807) is 0 Å². The Balaban J connectivity index is 2.06. The van der Waals surface area contributed by atoms with Gasteiger partial charge in [0.1, 0.15) is 35.1 Å². The first-order valence-electron chi connectivity index (χ1n) is 11.1. The van der Waals surface area contributed by atoms with Crippen LogP contribution in [0.4, 0.5) is 0 Å². The number of Topliss-reactive ketones (excluding diaryl/α,β-unsaturated/α-hetero) is 1. The predicted octanol–water partition coefficient (Wildman–Crippen LogP) is 2.19. The minimum absolute atomic E-state index is 0.0478. The van der Waals surface area contributed by atoms with Gasteiger partial charge in [-0.1, -0.05) is 55.9 Å². The van der Waals surface area contributed by atoms with Gasteiger partial charge in [0.05, 0.1) is 12.2 Å². The van der Waals surface area contributed by atoms with E-state index in [9.17, 15) is 30.5 Å². The quantitative estimate of drug-likeness (QED) is 0.487. The molecule has 34 heavy (non-hydrogen) atoms. The van der Waals surface area contributed by atoms with Gasteiger partial charge < -0.3 is 29.7 Å². The maximum absolute atomic E-state index is 13.5. The summed E-state index contributed by atoms with van der Waals surface area (Å²) in [6.07, 6.45) is -6.57. The Morgan fingerprint density at radius 1 is 1.12 bits per heavy atom. The van der Waals surface area contributed by atoms with Gasteiger partial charge in [-0.15, -0.1) is 0 Å². The molecule has 4 rings (SSSR count). The van der Waals surface area contributed by atoms with E-state index in [1.165, 1.54) is 4.57 Å². The zero-order chi connectivity index (χ0) is 24.9. The van der Waals surface area contributed by atoms with Crippen molar-refractivity contribution in [3.63, 3.8) is 0 Å². The lowest BCUT2D eigenvalue weighted by molar-refractivity contribution is -0.252. The highest BCUT2D eigenvalue weighted by atomic mass is 32.1. The Bertz CT molecular complexity index is 1230. The monoisotopic (exact) mass is 484 g/mol. The fraction of sp³-hybridized carbons (Fsp3) is 0.480. The van der Waals surface area contributed by atoms with Crippen molar-refractivity contribution in [2.75, 3.05) is 6.61 Å². The number of pyridine rings is 1. The molecule has 1 fully saturated rings. The molecule has 5 atom stereocenters. The second-order valence-electron chi connectivity index (χ2n) is 9.89. The van der Waals surface area contributed by atoms with Crippen LogP contribution in [0.15, 0.2) is 24.3 Å². The number of aliphatic hydroxyl groups excluding tert-OH is 4. The van der Waals surface area contributed by atoms with E-state index in [0.717, 1.165) is 5.56 Å². The van der Waals surface area contributed by atoms with Gasteiger partial charge in [0.15, 0.2) is 12.0 Å². The molecule has 0 bridgehead atoms. The van der Waals surface area contributed by atoms with Crippen LogP contribution in [-0.2, 0) is 11.2 Å². The highest BCUT2D eigenvalue weighted by Gasteiger charge is 2.46. The summed E-state index contributed by atoms with van der Waals surface area (Å²) in [5.74, 6) is -0.160. The Morgan fingerprint density at radius 3 is 2.35 bits per heavy atom. The molecule has 0 amide bonds. The van der Waals surface area contributed by atoms with Crippen molar-refractivity contribution in [1.82, 2.24) is 4.57 Å². The number of aliphatic hydroxyl groups is 4. The summed E-state index contributed by atoms with van der Waals surface area (Å²) >= 11 is 5.71. The van der Waals surface area contributed by atoms with E-state index in [0.29, 0.717) is 28.8 Å². The fourth-order valence-corrected chi connectivity index (χ4v) is 5.29. The van der Waals surface area contributed by atoms with Gasteiger partial charge in [0.2, 0.25) is 0 Å². The van der Waals surface area contributed by atoms with Crippen molar-refractivity contribution in [3.05, 3.63) is 51.3 Å². The maximum atomic E-state index is 13.5. The van der Waals surface area contributed by atoms with E-state index >= 15 is 0 Å². The molecule has 8 nitrogen and oxygen atoms in total. The van der Waals surface area contributed by atoms with E-state index in [1.807, 2.05) is 45.0 Å². The van der Waals surface area contributed by atoms with Crippen LogP contribution in [0.3, 0.4) is 0 Å². The second-order valence-corrected chi connectivity index (χ2v) is 10.3. The zero-order valence-corrected chi connectivity index (χ0v) is 20.0. The predicted molar refractivity (Wildman–Crippen MR) is 126 cm³/mol. The summed E-state index contributed by atoms with van der Waals surface area (Å²) in [5, 5.41) is 51.2. The summed E-state index contributed by atoms with van der Waals surface area (Å²) in [5.41, 5.74) is 2.63. The second kappa shape index (κ2) is 8.96. The first kappa shape index (κ1) is 24.7. The number of ketones is 1. The molecular formula is C25H28N2O6S. The van der Waals surface area contributed by atoms with Crippen molar-refractivity contribution in [3.8, 4) is 17.2 Å². The van der Waals surface area contributed by atoms with Crippen LogP contribution < -0.4 is 0 Å². The molecule has 1 aliphatic heterocycles. The molecule has 1 aromatic carbocycles. The van der Waals surface area contributed by atoms with Gasteiger partial charge in [-0.05, 0) is 24.3 Å². The first-order chi connectivity index (χ1) is 16.0. The van der Waals surface area contributed by atoms with Gasteiger partial charge in [-0.2, -0.15) is 5.26 Å². The molecule has 2 heterocycles. The van der Waals surface area contributed by atoms with Gasteiger partial charge in [0, 0.05) is 23.2 Å². The number of ether oxygens (including phenoxy) is 1. The van der Waals surface area contributed by atoms with Crippen LogP contribution in [0.5, 0.6) is 0 Å². The molecule has 1 saturated heterocycles. The normalized spacial score (nSPS) is 28.3. The van der Waals surface area contributed by atoms with E-state index < -0.39 is 42.7 Å². The number of hydrogen-bond donors (Lipinski definition) is 4. The summed E-state index contributed by atoms with van der Waals surface area (Å²) < 4.78 is 7.26. The van der Waals surface area contributed by atoms with Gasteiger partial charge >= 0.3 is 0 Å². The fourth-order valence-electron chi connectivity index (χ4n) is 4.93. The molecule has 1 aromatic heterocycles. The number of rotatable bonds is 3. The van der Waals surface area contributed by atoms with Crippen LogP contribution in [0.2, 0.25) is 0 Å². The average Bonchev–Trinajstić information content (AvgIpc) is 2.77. The van der Waals surface area contributed by atoms with Crippen molar-refractivity contribution in [1.29, 1.82) is 5.26 Å². The number of aromatic nitrogens is 1. The van der Waals surface area contributed by atoms with Crippen LogP contribution in [0.1, 0.15) is 53.7 Å². The Hall–Kier alpha value is -2.45. The summed E-state index contributed by atoms with van der Waals surface area (Å²) in [4.78, 5) is 13.5. The smallest absolute Gasteiger partial charge is 0.165 e. The van der Waals surface area contributed by atoms with Crippen LogP contribution in [0, 0.1) is 28.3 Å². The van der Waals surface area contributed by atoms with Crippen LogP contribution >= 0.6 is 12.2 Å². The van der Waals surface area contributed by atoms with E-state index in [4.69, 9.17) is 17.0 Å². The average molecular weight is 485 g/mol. The van der Waals surface area contributed by atoms with Crippen molar-refractivity contribution in [2.45, 2.75) is 64.3 Å². The van der Waals surface area contributed by atoms with Crippen LogP contribution in [0.25, 0.3) is 11.1 Å². The molecule has 0 saturated carbocycles. The third-order valence-corrected chi connectivity index (χ3v) is 7.05. The number of aryl methyl sites for hydroxylation is 1. The van der Waals surface area contributed by atoms with Gasteiger partial charge in [-0.3, -0.25) is 4.79 Å². The third kappa shape index (κ3) is 4.01. The Labute approximate surface area is 202 Å². The number of carbonyl (C=O) groups excluding carboxylic acids is 1. The molecule has 2 aromatic rings. The molecular weight excluding hydrogens is 456 g/mol. The number of nitrogens with zero attached hydrogens (tertiary/aromatic N) is 2. The van der Waals surface area contributed by atoms with Crippen molar-refractivity contribution < 1.29 is 30.0 Å². The van der Waals surface area contributed by atoms with Gasteiger partial charge in [-0.25, -0.2) is 0 Å². The molecule has 0 spiro atoms. The number of benzene rings is 1. The highest BCUT2D eigenvalue weighted by Crippen LogP contribution is 2.43. The van der Waals surface area contributed by atoms with Crippen LogP contribution in [-0.4, -0.2) is 61.8 Å². The summed E-state index contributed by atoms with van der Waals surface area (Å²) in [6.45, 7) is 5.22. The van der Waals surface area contributed by atoms with E-state index in [-0.39, 0.29) is 22.4 Å². The Morgan fingerprint density at radius 2 is 1.76 bits per heavy atom. The molecule has 1 aliphatic carbocycles. The summed E-state index contributed by atoms with van der Waals surface area (Å²) in [6, 6.07) is 9.59. The molecule has 9 heteroatoms. The molecule has 4 N–H and O–H groups in total. The third-order valence-electron chi connectivity index (χ3n) is 6.65. The van der Waals surface area contributed by atoms with Crippen molar-refractivity contribution in [2.24, 2.45) is 5.41 Å². The largest absolute Gasteiger partial charge is 0.394 e. The zero-order valence-electron chi connectivity index (χ0n) is 19.2.